The Morgan fingerprint density at radius 1 is 0.889 bits per heavy atom. The monoisotopic (exact) mass is 252 g/mol. The molecular formula is C15H24O3. The van der Waals surface area contributed by atoms with Gasteiger partial charge in [0.15, 0.2) is 5.75 Å². The van der Waals surface area contributed by atoms with Gasteiger partial charge < -0.3 is 5.11 Å². The molecule has 0 saturated carbocycles. The molecule has 102 valence electrons. The minimum absolute atomic E-state index is 0.0898. The fourth-order valence-corrected chi connectivity index (χ4v) is 2.48. The second kappa shape index (κ2) is 7.34. The van der Waals surface area contributed by atoms with Crippen molar-refractivity contribution in [3.05, 3.63) is 26.0 Å². The summed E-state index contributed by atoms with van der Waals surface area (Å²) in [4.78, 5) is 22.6. The lowest BCUT2D eigenvalue weighted by Crippen LogP contribution is -2.36. The number of hydrogen-bond donors (Lipinski definition) is 1. The van der Waals surface area contributed by atoms with E-state index in [2.05, 4.69) is 13.8 Å². The molecule has 1 aromatic rings. The smallest absolute Gasteiger partial charge is 0.267 e. The fourth-order valence-electron chi connectivity index (χ4n) is 2.48. The van der Waals surface area contributed by atoms with E-state index in [9.17, 15) is 14.7 Å². The molecule has 0 bridgehead atoms. The van der Waals surface area contributed by atoms with Crippen LogP contribution in [-0.4, -0.2) is 5.11 Å². The number of aromatic hydroxyl groups is 1. The van der Waals surface area contributed by atoms with Gasteiger partial charge >= 0.3 is 0 Å². The maximum Gasteiger partial charge on any atom is 0.267 e. The molecule has 0 aliphatic carbocycles. The van der Waals surface area contributed by atoms with Gasteiger partial charge in [-0.3, -0.25) is 9.59 Å². The number of hydrogen-bond acceptors (Lipinski definition) is 3. The number of rotatable bonds is 9. The van der Waals surface area contributed by atoms with Crippen molar-refractivity contribution in [3.63, 3.8) is 0 Å². The Morgan fingerprint density at radius 2 is 1.50 bits per heavy atom. The van der Waals surface area contributed by atoms with Gasteiger partial charge in [-0.05, 0) is 18.8 Å². The van der Waals surface area contributed by atoms with Gasteiger partial charge in [0.25, 0.3) is 5.43 Å². The topological polar surface area (TPSA) is 54.4 Å². The molecule has 1 atom stereocenters. The molecule has 0 heterocycles. The zero-order valence-corrected chi connectivity index (χ0v) is 11.5. The first-order chi connectivity index (χ1) is 8.63. The highest BCUT2D eigenvalue weighted by Crippen LogP contribution is 2.30. The van der Waals surface area contributed by atoms with Crippen molar-refractivity contribution in [2.24, 2.45) is 0 Å². The highest BCUT2D eigenvalue weighted by Gasteiger charge is 2.26. The highest BCUT2D eigenvalue weighted by atomic mass is 16.3. The molecule has 1 rings (SSSR count). The van der Waals surface area contributed by atoms with Gasteiger partial charge in [0, 0.05) is 0 Å². The van der Waals surface area contributed by atoms with E-state index in [1.807, 2.05) is 0 Å². The maximum absolute atomic E-state index is 11.5. The molecule has 3 heteroatoms. The van der Waals surface area contributed by atoms with E-state index in [1.165, 1.54) is 12.8 Å². The van der Waals surface area contributed by atoms with Crippen molar-refractivity contribution in [1.29, 1.82) is 0 Å². The molecule has 0 aliphatic rings. The second-order valence-electron chi connectivity index (χ2n) is 5.11. The Balaban J connectivity index is 2.61. The number of unbranched alkanes of at least 4 members (excludes halogenated alkanes) is 4. The molecule has 0 radical (unpaired) electrons. The Bertz CT molecular complexity index is 427. The van der Waals surface area contributed by atoms with Gasteiger partial charge in [0.1, 0.15) is 0 Å². The van der Waals surface area contributed by atoms with Crippen LogP contribution in [0.15, 0.2) is 9.59 Å². The summed E-state index contributed by atoms with van der Waals surface area (Å²) in [5, 5.41) is 9.53. The van der Waals surface area contributed by atoms with Gasteiger partial charge in [-0.2, -0.15) is 0 Å². The van der Waals surface area contributed by atoms with E-state index < -0.39 is 10.9 Å². The van der Waals surface area contributed by atoms with Gasteiger partial charge in [0.05, 0.1) is 5.56 Å². The predicted octanol–water partition coefficient (Wildman–Crippen LogP) is 3.23. The van der Waals surface area contributed by atoms with Crippen LogP contribution in [0, 0.1) is 0 Å². The zero-order valence-electron chi connectivity index (χ0n) is 11.5. The highest BCUT2D eigenvalue weighted by molar-refractivity contribution is 5.40. The van der Waals surface area contributed by atoms with Gasteiger partial charge in [-0.25, -0.2) is 0 Å². The van der Waals surface area contributed by atoms with Crippen molar-refractivity contribution in [2.75, 3.05) is 0 Å². The standard InChI is InChI=1S/C15H24O3/c1-3-5-7-8-10-11(9-6-4-2)12-13(16)15(18)14(12)17/h11,16H,3-10H2,1-2H3. The summed E-state index contributed by atoms with van der Waals surface area (Å²) in [5.74, 6) is -0.177. The van der Waals surface area contributed by atoms with Gasteiger partial charge in [-0.15, -0.1) is 0 Å². The Labute approximate surface area is 109 Å². The molecule has 0 aromatic heterocycles. The van der Waals surface area contributed by atoms with Crippen LogP contribution in [0.1, 0.15) is 76.7 Å². The summed E-state index contributed by atoms with van der Waals surface area (Å²) < 4.78 is 0. The van der Waals surface area contributed by atoms with E-state index in [0.717, 1.165) is 38.5 Å². The van der Waals surface area contributed by atoms with Crippen LogP contribution >= 0.6 is 0 Å². The Morgan fingerprint density at radius 3 is 2.06 bits per heavy atom. The molecule has 0 fully saturated rings. The average molecular weight is 252 g/mol. The summed E-state index contributed by atoms with van der Waals surface area (Å²) >= 11 is 0. The molecule has 3 nitrogen and oxygen atoms in total. The summed E-state index contributed by atoms with van der Waals surface area (Å²) in [7, 11) is 0. The first kappa shape index (κ1) is 14.9. The molecule has 1 N–H and O–H groups in total. The van der Waals surface area contributed by atoms with Crippen LogP contribution in [0.25, 0.3) is 0 Å². The SMILES string of the molecule is CCCCCCC(CCCC)c1c(O)c(=O)c1=O. The molecule has 0 amide bonds. The van der Waals surface area contributed by atoms with Crippen LogP contribution in [0.3, 0.4) is 0 Å². The Kier molecular flexibility index (Phi) is 6.10. The lowest BCUT2D eigenvalue weighted by molar-refractivity contribution is 0.426. The summed E-state index contributed by atoms with van der Waals surface area (Å²) in [6.45, 7) is 4.27. The van der Waals surface area contributed by atoms with Crippen molar-refractivity contribution in [3.8, 4) is 5.75 Å². The van der Waals surface area contributed by atoms with E-state index in [-0.39, 0.29) is 11.7 Å². The van der Waals surface area contributed by atoms with E-state index >= 15 is 0 Å². The zero-order chi connectivity index (χ0) is 13.5. The van der Waals surface area contributed by atoms with Crippen LogP contribution in [0.4, 0.5) is 0 Å². The Hall–Kier alpha value is -1.12. The first-order valence-electron chi connectivity index (χ1n) is 7.15. The summed E-state index contributed by atoms with van der Waals surface area (Å²) in [6, 6.07) is 0. The van der Waals surface area contributed by atoms with Crippen molar-refractivity contribution in [2.45, 2.75) is 71.1 Å². The molecule has 0 aliphatic heterocycles. The average Bonchev–Trinajstić information content (AvgIpc) is 2.39. The third-order valence-electron chi connectivity index (χ3n) is 3.64. The summed E-state index contributed by atoms with van der Waals surface area (Å²) in [6.07, 6.45) is 8.55. The normalized spacial score (nSPS) is 13.0. The van der Waals surface area contributed by atoms with E-state index in [4.69, 9.17) is 0 Å². The maximum atomic E-state index is 11.5. The second-order valence-corrected chi connectivity index (χ2v) is 5.11. The lowest BCUT2D eigenvalue weighted by atomic mass is 9.85. The lowest BCUT2D eigenvalue weighted by Gasteiger charge is -2.18. The molecular weight excluding hydrogens is 228 g/mol. The van der Waals surface area contributed by atoms with Crippen molar-refractivity contribution in [1.82, 2.24) is 0 Å². The van der Waals surface area contributed by atoms with E-state index in [1.54, 1.807) is 0 Å². The van der Waals surface area contributed by atoms with Gasteiger partial charge in [-0.1, -0.05) is 52.4 Å². The minimum Gasteiger partial charge on any atom is -0.504 e. The molecule has 0 spiro atoms. The fraction of sp³-hybridized carbons (Fsp3) is 0.733. The molecule has 1 unspecified atom stereocenters. The largest absolute Gasteiger partial charge is 0.504 e. The first-order valence-corrected chi connectivity index (χ1v) is 7.15. The van der Waals surface area contributed by atoms with Crippen molar-refractivity contribution < 1.29 is 5.11 Å². The quantitative estimate of drug-likeness (QED) is 0.542. The van der Waals surface area contributed by atoms with Crippen LogP contribution in [0.5, 0.6) is 5.75 Å². The molecule has 1 aromatic carbocycles. The van der Waals surface area contributed by atoms with Crippen molar-refractivity contribution >= 4 is 0 Å². The van der Waals surface area contributed by atoms with Crippen LogP contribution < -0.4 is 10.9 Å². The van der Waals surface area contributed by atoms with Crippen LogP contribution in [-0.2, 0) is 0 Å². The van der Waals surface area contributed by atoms with Crippen LogP contribution in [0.2, 0.25) is 0 Å². The third-order valence-corrected chi connectivity index (χ3v) is 3.64. The molecule has 0 saturated heterocycles. The van der Waals surface area contributed by atoms with E-state index in [0.29, 0.717) is 5.56 Å². The third kappa shape index (κ3) is 3.44. The predicted molar refractivity (Wildman–Crippen MR) is 74.0 cm³/mol. The minimum atomic E-state index is -0.694. The van der Waals surface area contributed by atoms with Gasteiger partial charge in [0.2, 0.25) is 5.43 Å². The molecule has 18 heavy (non-hydrogen) atoms. The summed E-state index contributed by atoms with van der Waals surface area (Å²) in [5.41, 5.74) is -0.742.